The Hall–Kier alpha value is -1.43. The van der Waals surface area contributed by atoms with E-state index in [-0.39, 0.29) is 17.4 Å². The first-order valence-corrected chi connectivity index (χ1v) is 13.6. The van der Waals surface area contributed by atoms with Crippen LogP contribution in [0, 0.1) is 11.8 Å². The molecule has 170 valence electrons. The fourth-order valence-electron chi connectivity index (χ4n) is 6.25. The van der Waals surface area contributed by atoms with Gasteiger partial charge < -0.3 is 10.2 Å². The van der Waals surface area contributed by atoms with Crippen molar-refractivity contribution < 1.29 is 9.59 Å². The molecule has 0 unspecified atom stereocenters. The van der Waals surface area contributed by atoms with Crippen molar-refractivity contribution in [3.05, 3.63) is 16.1 Å². The molecule has 0 atom stereocenters. The molecule has 0 aromatic carbocycles. The van der Waals surface area contributed by atoms with E-state index in [1.54, 1.807) is 11.3 Å². The summed E-state index contributed by atoms with van der Waals surface area (Å²) in [5.74, 6) is 1.72. The second kappa shape index (κ2) is 9.21. The van der Waals surface area contributed by atoms with Gasteiger partial charge in [0.2, 0.25) is 5.91 Å². The molecule has 4 fully saturated rings. The van der Waals surface area contributed by atoms with Crippen molar-refractivity contribution >= 4 is 23.2 Å². The van der Waals surface area contributed by atoms with E-state index < -0.39 is 0 Å². The number of aromatic nitrogens is 1. The molecule has 31 heavy (non-hydrogen) atoms. The number of nitrogens with one attached hydrogen (secondary N) is 1. The molecule has 3 aliphatic carbocycles. The van der Waals surface area contributed by atoms with Crippen molar-refractivity contribution in [3.63, 3.8) is 0 Å². The average molecular weight is 444 g/mol. The van der Waals surface area contributed by atoms with Crippen molar-refractivity contribution in [1.29, 1.82) is 0 Å². The number of hydrogen-bond donors (Lipinski definition) is 1. The van der Waals surface area contributed by atoms with Crippen LogP contribution in [0.5, 0.6) is 0 Å². The maximum atomic E-state index is 12.9. The van der Waals surface area contributed by atoms with Crippen LogP contribution >= 0.6 is 11.3 Å². The highest BCUT2D eigenvalue weighted by Gasteiger charge is 2.50. The SMILES string of the molecule is O=C(NC1(C2CCCCC2)CC1)c1csc(C2CCN(C(=O)C3CCCCC3)CC2)n1. The lowest BCUT2D eigenvalue weighted by molar-refractivity contribution is -0.137. The first-order valence-electron chi connectivity index (χ1n) is 12.7. The minimum atomic E-state index is 0.0236. The molecule has 5 nitrogen and oxygen atoms in total. The maximum Gasteiger partial charge on any atom is 0.271 e. The van der Waals surface area contributed by atoms with Crippen LogP contribution in [0.1, 0.15) is 111 Å². The van der Waals surface area contributed by atoms with E-state index in [4.69, 9.17) is 4.98 Å². The van der Waals surface area contributed by atoms with Gasteiger partial charge in [0.25, 0.3) is 5.91 Å². The van der Waals surface area contributed by atoms with E-state index in [1.807, 2.05) is 5.38 Å². The van der Waals surface area contributed by atoms with E-state index in [0.717, 1.165) is 56.6 Å². The smallest absolute Gasteiger partial charge is 0.271 e. The fraction of sp³-hybridized carbons (Fsp3) is 0.800. The van der Waals surface area contributed by atoms with Crippen LogP contribution in [-0.2, 0) is 4.79 Å². The van der Waals surface area contributed by atoms with Gasteiger partial charge in [-0.3, -0.25) is 9.59 Å². The number of amides is 2. The largest absolute Gasteiger partial charge is 0.345 e. The van der Waals surface area contributed by atoms with E-state index >= 15 is 0 Å². The Morgan fingerprint density at radius 2 is 1.58 bits per heavy atom. The van der Waals surface area contributed by atoms with Gasteiger partial charge in [-0.15, -0.1) is 11.3 Å². The summed E-state index contributed by atoms with van der Waals surface area (Å²) in [6.07, 6.45) is 16.6. The van der Waals surface area contributed by atoms with Crippen LogP contribution in [0.2, 0.25) is 0 Å². The van der Waals surface area contributed by atoms with E-state index in [9.17, 15) is 9.59 Å². The standard InChI is InChI=1S/C25H37N3O2S/c29-22(27-25(13-14-25)20-9-5-2-6-10-20)21-17-31-23(26-21)18-11-15-28(16-12-18)24(30)19-7-3-1-4-8-19/h17-20H,1-16H2,(H,27,29). The van der Waals surface area contributed by atoms with Gasteiger partial charge in [0.1, 0.15) is 5.69 Å². The summed E-state index contributed by atoms with van der Waals surface area (Å²) < 4.78 is 0. The Kier molecular flexibility index (Phi) is 6.36. The van der Waals surface area contributed by atoms with Gasteiger partial charge in [0.05, 0.1) is 5.01 Å². The van der Waals surface area contributed by atoms with Crippen LogP contribution in [0.15, 0.2) is 5.38 Å². The van der Waals surface area contributed by atoms with Crippen molar-refractivity contribution in [2.24, 2.45) is 11.8 Å². The third-order valence-electron chi connectivity index (χ3n) is 8.40. The molecule has 2 heterocycles. The predicted octanol–water partition coefficient (Wildman–Crippen LogP) is 5.27. The third kappa shape index (κ3) is 4.69. The molecule has 1 saturated heterocycles. The highest BCUT2D eigenvalue weighted by atomic mass is 32.1. The molecule has 1 aromatic rings. The predicted molar refractivity (Wildman–Crippen MR) is 123 cm³/mol. The van der Waals surface area contributed by atoms with Gasteiger partial charge in [-0.05, 0) is 57.3 Å². The highest BCUT2D eigenvalue weighted by molar-refractivity contribution is 7.09. The van der Waals surface area contributed by atoms with E-state index in [1.165, 1.54) is 51.4 Å². The topological polar surface area (TPSA) is 62.3 Å². The van der Waals surface area contributed by atoms with Gasteiger partial charge >= 0.3 is 0 Å². The lowest BCUT2D eigenvalue weighted by Gasteiger charge is -2.34. The molecule has 4 aliphatic rings. The maximum absolute atomic E-state index is 12.9. The quantitative estimate of drug-likeness (QED) is 0.674. The van der Waals surface area contributed by atoms with Crippen molar-refractivity contribution in [3.8, 4) is 0 Å². The van der Waals surface area contributed by atoms with Gasteiger partial charge in [0.15, 0.2) is 0 Å². The number of carbonyl (C=O) groups excluding carboxylic acids is 2. The molecule has 0 spiro atoms. The number of thiazole rings is 1. The first-order chi connectivity index (χ1) is 15.1. The number of nitrogens with zero attached hydrogens (tertiary/aromatic N) is 2. The Morgan fingerprint density at radius 3 is 2.23 bits per heavy atom. The Morgan fingerprint density at radius 1 is 0.935 bits per heavy atom. The van der Waals surface area contributed by atoms with Crippen LogP contribution < -0.4 is 5.32 Å². The summed E-state index contributed by atoms with van der Waals surface area (Å²) in [5.41, 5.74) is 0.661. The molecule has 0 radical (unpaired) electrons. The normalized spacial score (nSPS) is 25.4. The summed E-state index contributed by atoms with van der Waals surface area (Å²) >= 11 is 1.63. The zero-order valence-electron chi connectivity index (χ0n) is 18.7. The lowest BCUT2D eigenvalue weighted by atomic mass is 9.82. The van der Waals surface area contributed by atoms with Crippen molar-refractivity contribution in [1.82, 2.24) is 15.2 Å². The van der Waals surface area contributed by atoms with Crippen LogP contribution in [0.3, 0.4) is 0 Å². The van der Waals surface area contributed by atoms with E-state index in [2.05, 4.69) is 10.2 Å². The van der Waals surface area contributed by atoms with Gasteiger partial charge in [-0.1, -0.05) is 38.5 Å². The minimum Gasteiger partial charge on any atom is -0.345 e. The second-order valence-corrected chi connectivity index (χ2v) is 11.3. The van der Waals surface area contributed by atoms with Gasteiger partial charge in [0, 0.05) is 35.8 Å². The van der Waals surface area contributed by atoms with Crippen LogP contribution in [0.4, 0.5) is 0 Å². The first kappa shape index (κ1) is 21.4. The Bertz CT molecular complexity index is 782. The summed E-state index contributed by atoms with van der Waals surface area (Å²) in [6, 6.07) is 0. The zero-order valence-corrected chi connectivity index (χ0v) is 19.6. The fourth-order valence-corrected chi connectivity index (χ4v) is 7.22. The Balaban J connectivity index is 1.14. The van der Waals surface area contributed by atoms with Gasteiger partial charge in [-0.25, -0.2) is 4.98 Å². The zero-order chi connectivity index (χ0) is 21.3. The highest BCUT2D eigenvalue weighted by Crippen LogP contribution is 2.48. The summed E-state index contributed by atoms with van der Waals surface area (Å²) in [5, 5.41) is 6.41. The molecule has 1 aliphatic heterocycles. The second-order valence-electron chi connectivity index (χ2n) is 10.5. The molecule has 2 amide bonds. The number of piperidine rings is 1. The average Bonchev–Trinajstić information content (AvgIpc) is 3.44. The van der Waals surface area contributed by atoms with Crippen LogP contribution in [0.25, 0.3) is 0 Å². The number of hydrogen-bond acceptors (Lipinski definition) is 4. The molecule has 5 rings (SSSR count). The van der Waals surface area contributed by atoms with E-state index in [0.29, 0.717) is 23.4 Å². The number of carbonyl (C=O) groups is 2. The van der Waals surface area contributed by atoms with Crippen LogP contribution in [-0.4, -0.2) is 40.3 Å². The molecular formula is C25H37N3O2S. The molecule has 1 N–H and O–H groups in total. The molecule has 6 heteroatoms. The number of rotatable bonds is 5. The number of likely N-dealkylation sites (tertiary alicyclic amines) is 1. The molecular weight excluding hydrogens is 406 g/mol. The molecule has 3 saturated carbocycles. The van der Waals surface area contributed by atoms with Crippen molar-refractivity contribution in [2.45, 2.75) is 101 Å². The minimum absolute atomic E-state index is 0.0236. The van der Waals surface area contributed by atoms with Crippen molar-refractivity contribution in [2.75, 3.05) is 13.1 Å². The Labute approximate surface area is 190 Å². The lowest BCUT2D eigenvalue weighted by Crippen LogP contribution is -2.43. The molecule has 1 aromatic heterocycles. The summed E-state index contributed by atoms with van der Waals surface area (Å²) in [7, 11) is 0. The summed E-state index contributed by atoms with van der Waals surface area (Å²) in [4.78, 5) is 32.6. The molecule has 0 bridgehead atoms. The third-order valence-corrected chi connectivity index (χ3v) is 9.41. The monoisotopic (exact) mass is 443 g/mol. The summed E-state index contributed by atoms with van der Waals surface area (Å²) in [6.45, 7) is 1.68. The van der Waals surface area contributed by atoms with Gasteiger partial charge in [-0.2, -0.15) is 0 Å².